The highest BCUT2D eigenvalue weighted by molar-refractivity contribution is 5.13. The molecule has 1 saturated heterocycles. The number of likely N-dealkylation sites (N-methyl/N-ethyl adjacent to an activating group) is 1. The first-order valence-electron chi connectivity index (χ1n) is 7.34. The molecular formula is C15H27N3O. The van der Waals surface area contributed by atoms with Gasteiger partial charge in [-0.25, -0.2) is 0 Å². The van der Waals surface area contributed by atoms with Crippen molar-refractivity contribution in [3.8, 4) is 0 Å². The summed E-state index contributed by atoms with van der Waals surface area (Å²) in [5, 5.41) is 3.33. The van der Waals surface area contributed by atoms with Crippen molar-refractivity contribution in [2.45, 2.75) is 38.9 Å². The summed E-state index contributed by atoms with van der Waals surface area (Å²) in [6.45, 7) is 7.31. The van der Waals surface area contributed by atoms with E-state index in [0.29, 0.717) is 6.04 Å². The molecule has 108 valence electrons. The van der Waals surface area contributed by atoms with Gasteiger partial charge in [0, 0.05) is 24.7 Å². The quantitative estimate of drug-likeness (QED) is 0.816. The second-order valence-corrected chi connectivity index (χ2v) is 5.73. The minimum Gasteiger partial charge on any atom is -0.468 e. The Balaban J connectivity index is 1.87. The summed E-state index contributed by atoms with van der Waals surface area (Å²) in [5.74, 6) is 1.10. The van der Waals surface area contributed by atoms with E-state index in [2.05, 4.69) is 42.2 Å². The Morgan fingerprint density at radius 1 is 1.47 bits per heavy atom. The zero-order valence-electron chi connectivity index (χ0n) is 12.5. The molecule has 1 N–H and O–H groups in total. The van der Waals surface area contributed by atoms with E-state index in [-0.39, 0.29) is 0 Å². The van der Waals surface area contributed by atoms with Gasteiger partial charge >= 0.3 is 0 Å². The van der Waals surface area contributed by atoms with Crippen molar-refractivity contribution in [3.05, 3.63) is 23.7 Å². The fourth-order valence-electron chi connectivity index (χ4n) is 2.80. The number of nitrogens with one attached hydrogen (secondary N) is 1. The van der Waals surface area contributed by atoms with Crippen LogP contribution in [0.1, 0.15) is 31.1 Å². The standard InChI is InChI=1S/C15H27N3O/c1-4-16-9-13-8-15(19-12-13)11-18-7-5-6-14(18)10-17(2)3/h8,12,14,16H,4-7,9-11H2,1-3H3. The first-order valence-corrected chi connectivity index (χ1v) is 7.34. The lowest BCUT2D eigenvalue weighted by atomic mass is 10.2. The maximum Gasteiger partial charge on any atom is 0.118 e. The molecule has 0 aliphatic carbocycles. The smallest absolute Gasteiger partial charge is 0.118 e. The molecule has 1 aliphatic heterocycles. The van der Waals surface area contributed by atoms with Gasteiger partial charge in [-0.3, -0.25) is 4.90 Å². The van der Waals surface area contributed by atoms with Crippen LogP contribution in [-0.4, -0.2) is 49.6 Å². The molecule has 0 saturated carbocycles. The molecule has 19 heavy (non-hydrogen) atoms. The zero-order chi connectivity index (χ0) is 13.7. The van der Waals surface area contributed by atoms with Gasteiger partial charge in [0.1, 0.15) is 5.76 Å². The van der Waals surface area contributed by atoms with Gasteiger partial charge in [0.15, 0.2) is 0 Å². The van der Waals surface area contributed by atoms with E-state index in [4.69, 9.17) is 4.42 Å². The number of hydrogen-bond donors (Lipinski definition) is 1. The van der Waals surface area contributed by atoms with Crippen molar-refractivity contribution in [1.29, 1.82) is 0 Å². The Morgan fingerprint density at radius 3 is 3.05 bits per heavy atom. The number of furan rings is 1. The molecule has 0 bridgehead atoms. The van der Waals surface area contributed by atoms with E-state index in [1.54, 1.807) is 0 Å². The first kappa shape index (κ1) is 14.6. The highest BCUT2D eigenvalue weighted by Crippen LogP contribution is 2.21. The van der Waals surface area contributed by atoms with Crippen LogP contribution < -0.4 is 5.32 Å². The molecule has 1 fully saturated rings. The highest BCUT2D eigenvalue weighted by atomic mass is 16.3. The summed E-state index contributed by atoms with van der Waals surface area (Å²) in [4.78, 5) is 4.83. The predicted octanol–water partition coefficient (Wildman–Crippen LogP) is 1.92. The van der Waals surface area contributed by atoms with E-state index in [9.17, 15) is 0 Å². The summed E-state index contributed by atoms with van der Waals surface area (Å²) in [6.07, 6.45) is 4.50. The zero-order valence-corrected chi connectivity index (χ0v) is 12.5. The van der Waals surface area contributed by atoms with E-state index in [1.165, 1.54) is 24.9 Å². The van der Waals surface area contributed by atoms with E-state index >= 15 is 0 Å². The van der Waals surface area contributed by atoms with E-state index in [0.717, 1.165) is 31.9 Å². The molecule has 1 atom stereocenters. The number of hydrogen-bond acceptors (Lipinski definition) is 4. The average molecular weight is 265 g/mol. The molecule has 0 aromatic carbocycles. The summed E-state index contributed by atoms with van der Waals surface area (Å²) >= 11 is 0. The van der Waals surface area contributed by atoms with Crippen LogP contribution in [0.3, 0.4) is 0 Å². The monoisotopic (exact) mass is 265 g/mol. The van der Waals surface area contributed by atoms with Gasteiger partial charge < -0.3 is 14.6 Å². The molecule has 2 rings (SSSR count). The van der Waals surface area contributed by atoms with Crippen LogP contribution in [0.5, 0.6) is 0 Å². The number of rotatable bonds is 7. The van der Waals surface area contributed by atoms with Gasteiger partial charge in [-0.2, -0.15) is 0 Å². The number of nitrogens with zero attached hydrogens (tertiary/aromatic N) is 2. The normalized spacial score (nSPS) is 20.5. The van der Waals surface area contributed by atoms with Gasteiger partial charge in [-0.05, 0) is 46.1 Å². The second kappa shape index (κ2) is 7.08. The summed E-state index contributed by atoms with van der Waals surface area (Å²) in [7, 11) is 4.30. The molecule has 2 heterocycles. The van der Waals surface area contributed by atoms with Crippen LogP contribution >= 0.6 is 0 Å². The minimum absolute atomic E-state index is 0.678. The fraction of sp³-hybridized carbons (Fsp3) is 0.733. The lowest BCUT2D eigenvalue weighted by Gasteiger charge is -2.26. The van der Waals surface area contributed by atoms with Crippen LogP contribution in [0.2, 0.25) is 0 Å². The molecule has 0 radical (unpaired) electrons. The van der Waals surface area contributed by atoms with Gasteiger partial charge in [0.2, 0.25) is 0 Å². The van der Waals surface area contributed by atoms with E-state index in [1.807, 2.05) is 6.26 Å². The maximum atomic E-state index is 5.68. The van der Waals surface area contributed by atoms with E-state index < -0.39 is 0 Å². The molecular weight excluding hydrogens is 238 g/mol. The SMILES string of the molecule is CCNCc1coc(CN2CCCC2CN(C)C)c1. The van der Waals surface area contributed by atoms with Crippen LogP contribution in [-0.2, 0) is 13.1 Å². The van der Waals surface area contributed by atoms with Crippen molar-refractivity contribution in [1.82, 2.24) is 15.1 Å². The third-order valence-corrected chi connectivity index (χ3v) is 3.72. The van der Waals surface area contributed by atoms with Gasteiger partial charge in [0.05, 0.1) is 12.8 Å². The lowest BCUT2D eigenvalue weighted by molar-refractivity contribution is 0.189. The Bertz CT molecular complexity index is 375. The molecule has 4 nitrogen and oxygen atoms in total. The summed E-state index contributed by atoms with van der Waals surface area (Å²) < 4.78 is 5.68. The molecule has 1 unspecified atom stereocenters. The Morgan fingerprint density at radius 2 is 2.32 bits per heavy atom. The third-order valence-electron chi connectivity index (χ3n) is 3.72. The summed E-state index contributed by atoms with van der Waals surface area (Å²) in [5.41, 5.74) is 1.25. The molecule has 1 aromatic rings. The van der Waals surface area contributed by atoms with Gasteiger partial charge in [0.25, 0.3) is 0 Å². The fourth-order valence-corrected chi connectivity index (χ4v) is 2.80. The molecule has 0 spiro atoms. The molecule has 4 heteroatoms. The minimum atomic E-state index is 0.678. The van der Waals surface area contributed by atoms with Crippen molar-refractivity contribution >= 4 is 0 Å². The largest absolute Gasteiger partial charge is 0.468 e. The Labute approximate surface area is 116 Å². The molecule has 1 aromatic heterocycles. The summed E-state index contributed by atoms with van der Waals surface area (Å²) in [6, 6.07) is 2.87. The maximum absolute atomic E-state index is 5.68. The van der Waals surface area contributed by atoms with Crippen LogP contribution in [0, 0.1) is 0 Å². The lowest BCUT2D eigenvalue weighted by Crippen LogP contribution is -2.36. The average Bonchev–Trinajstić information content (AvgIpc) is 2.97. The van der Waals surface area contributed by atoms with Crippen molar-refractivity contribution < 1.29 is 4.42 Å². The van der Waals surface area contributed by atoms with Crippen molar-refractivity contribution in [2.75, 3.05) is 33.7 Å². The first-order chi connectivity index (χ1) is 9.19. The second-order valence-electron chi connectivity index (χ2n) is 5.73. The molecule has 1 aliphatic rings. The number of likely N-dealkylation sites (tertiary alicyclic amines) is 1. The van der Waals surface area contributed by atoms with Gasteiger partial charge in [-0.15, -0.1) is 0 Å². The third kappa shape index (κ3) is 4.34. The molecule has 0 amide bonds. The highest BCUT2D eigenvalue weighted by Gasteiger charge is 2.25. The van der Waals surface area contributed by atoms with Crippen molar-refractivity contribution in [2.24, 2.45) is 0 Å². The van der Waals surface area contributed by atoms with Crippen LogP contribution in [0.4, 0.5) is 0 Å². The van der Waals surface area contributed by atoms with Crippen LogP contribution in [0.15, 0.2) is 16.7 Å². The van der Waals surface area contributed by atoms with Crippen LogP contribution in [0.25, 0.3) is 0 Å². The Kier molecular flexibility index (Phi) is 5.43. The van der Waals surface area contributed by atoms with Crippen molar-refractivity contribution in [3.63, 3.8) is 0 Å². The van der Waals surface area contributed by atoms with Gasteiger partial charge in [-0.1, -0.05) is 6.92 Å². The topological polar surface area (TPSA) is 31.7 Å². The predicted molar refractivity (Wildman–Crippen MR) is 78.1 cm³/mol. The Hall–Kier alpha value is -0.840.